The van der Waals surface area contributed by atoms with E-state index in [-0.39, 0.29) is 6.03 Å². The van der Waals surface area contributed by atoms with E-state index in [1.54, 1.807) is 0 Å². The van der Waals surface area contributed by atoms with Crippen molar-refractivity contribution in [3.8, 4) is 0 Å². The molecule has 0 spiro atoms. The normalized spacial score (nSPS) is 18.6. The molecule has 1 unspecified atom stereocenters. The van der Waals surface area contributed by atoms with Gasteiger partial charge in [-0.3, -0.25) is 0 Å². The molecule has 4 nitrogen and oxygen atoms in total. The lowest BCUT2D eigenvalue weighted by Crippen LogP contribution is -2.39. The average Bonchev–Trinajstić information content (AvgIpc) is 2.46. The summed E-state index contributed by atoms with van der Waals surface area (Å²) in [4.78, 5) is 14.0. The minimum absolute atomic E-state index is 0.0194. The molecule has 0 aromatic heterocycles. The van der Waals surface area contributed by atoms with Crippen LogP contribution in [0.2, 0.25) is 0 Å². The number of urea groups is 1. The Kier molecular flexibility index (Phi) is 8.30. The lowest BCUT2D eigenvalue weighted by atomic mass is 9.94. The van der Waals surface area contributed by atoms with Gasteiger partial charge in [-0.1, -0.05) is 26.0 Å². The summed E-state index contributed by atoms with van der Waals surface area (Å²) in [7, 11) is 0. The smallest absolute Gasteiger partial charge is 0.314 e. The molecule has 2 N–H and O–H groups in total. The standard InChI is InChI=1S/C15H29N3O/c1-3-18(4-2)12-8-11-16-15(19)17-13-14-9-6-5-7-10-14/h5-6,14H,3-4,7-13H2,1-2H3,(H2,16,17,19). The van der Waals surface area contributed by atoms with Crippen LogP contribution in [-0.4, -0.2) is 43.7 Å². The van der Waals surface area contributed by atoms with E-state index in [0.717, 1.165) is 52.0 Å². The predicted octanol–water partition coefficient (Wildman–Crippen LogP) is 2.37. The van der Waals surface area contributed by atoms with Gasteiger partial charge in [0, 0.05) is 13.1 Å². The number of nitrogens with zero attached hydrogens (tertiary/aromatic N) is 1. The molecule has 1 atom stereocenters. The molecular formula is C15H29N3O. The molecule has 0 aromatic carbocycles. The van der Waals surface area contributed by atoms with Crippen LogP contribution in [0, 0.1) is 5.92 Å². The Morgan fingerprint density at radius 1 is 1.26 bits per heavy atom. The summed E-state index contributed by atoms with van der Waals surface area (Å²) >= 11 is 0. The molecule has 1 aliphatic carbocycles. The molecule has 0 saturated heterocycles. The van der Waals surface area contributed by atoms with Crippen molar-refractivity contribution < 1.29 is 4.79 Å². The van der Waals surface area contributed by atoms with Crippen LogP contribution in [0.15, 0.2) is 12.2 Å². The summed E-state index contributed by atoms with van der Waals surface area (Å²) < 4.78 is 0. The molecule has 0 fully saturated rings. The highest BCUT2D eigenvalue weighted by Gasteiger charge is 2.10. The molecule has 19 heavy (non-hydrogen) atoms. The SMILES string of the molecule is CCN(CC)CCCNC(=O)NCC1CC=CCC1. The molecule has 0 aliphatic heterocycles. The van der Waals surface area contributed by atoms with Crippen LogP contribution < -0.4 is 10.6 Å². The van der Waals surface area contributed by atoms with Crippen molar-refractivity contribution in [2.45, 2.75) is 39.5 Å². The van der Waals surface area contributed by atoms with Crippen molar-refractivity contribution in [1.82, 2.24) is 15.5 Å². The summed E-state index contributed by atoms with van der Waals surface area (Å²) in [6.07, 6.45) is 8.90. The number of allylic oxidation sites excluding steroid dienone is 2. The van der Waals surface area contributed by atoms with Crippen molar-refractivity contribution in [3.05, 3.63) is 12.2 Å². The van der Waals surface area contributed by atoms with Gasteiger partial charge in [-0.05, 0) is 51.2 Å². The Morgan fingerprint density at radius 3 is 2.68 bits per heavy atom. The van der Waals surface area contributed by atoms with Gasteiger partial charge in [0.05, 0.1) is 0 Å². The van der Waals surface area contributed by atoms with E-state index in [1.807, 2.05) is 0 Å². The zero-order valence-corrected chi connectivity index (χ0v) is 12.5. The molecule has 110 valence electrons. The number of carbonyl (C=O) groups is 1. The van der Waals surface area contributed by atoms with Gasteiger partial charge >= 0.3 is 6.03 Å². The van der Waals surface area contributed by atoms with E-state index in [4.69, 9.17) is 0 Å². The maximum atomic E-state index is 11.6. The van der Waals surface area contributed by atoms with E-state index in [2.05, 4.69) is 41.5 Å². The Labute approximate surface area is 117 Å². The van der Waals surface area contributed by atoms with E-state index in [9.17, 15) is 4.79 Å². The van der Waals surface area contributed by atoms with Crippen LogP contribution in [0.4, 0.5) is 4.79 Å². The number of rotatable bonds is 8. The number of amides is 2. The third-order valence-corrected chi connectivity index (χ3v) is 3.76. The van der Waals surface area contributed by atoms with Crippen molar-refractivity contribution >= 4 is 6.03 Å². The van der Waals surface area contributed by atoms with E-state index in [0.29, 0.717) is 5.92 Å². The summed E-state index contributed by atoms with van der Waals surface area (Å²) in [5.41, 5.74) is 0. The highest BCUT2D eigenvalue weighted by Crippen LogP contribution is 2.16. The van der Waals surface area contributed by atoms with Crippen LogP contribution in [-0.2, 0) is 0 Å². The van der Waals surface area contributed by atoms with Gasteiger partial charge in [-0.2, -0.15) is 0 Å². The lowest BCUT2D eigenvalue weighted by Gasteiger charge is -2.19. The Bertz CT molecular complexity index is 275. The van der Waals surface area contributed by atoms with E-state index in [1.165, 1.54) is 6.42 Å². The molecule has 0 aromatic rings. The van der Waals surface area contributed by atoms with Gasteiger partial charge in [-0.15, -0.1) is 0 Å². The van der Waals surface area contributed by atoms with E-state index < -0.39 is 0 Å². The van der Waals surface area contributed by atoms with Crippen LogP contribution in [0.3, 0.4) is 0 Å². The lowest BCUT2D eigenvalue weighted by molar-refractivity contribution is 0.236. The highest BCUT2D eigenvalue weighted by molar-refractivity contribution is 5.73. The van der Waals surface area contributed by atoms with Crippen molar-refractivity contribution in [2.24, 2.45) is 5.92 Å². The molecule has 0 bridgehead atoms. The average molecular weight is 267 g/mol. The van der Waals surface area contributed by atoms with Crippen LogP contribution >= 0.6 is 0 Å². The summed E-state index contributed by atoms with van der Waals surface area (Å²) in [5.74, 6) is 0.617. The van der Waals surface area contributed by atoms with Crippen LogP contribution in [0.25, 0.3) is 0 Å². The second-order valence-electron chi connectivity index (χ2n) is 5.17. The molecule has 0 radical (unpaired) electrons. The molecule has 1 rings (SSSR count). The third kappa shape index (κ3) is 7.21. The Hall–Kier alpha value is -1.03. The van der Waals surface area contributed by atoms with Crippen LogP contribution in [0.5, 0.6) is 0 Å². The molecule has 2 amide bonds. The first-order chi connectivity index (χ1) is 9.26. The summed E-state index contributed by atoms with van der Waals surface area (Å²) in [5, 5.41) is 5.90. The Balaban J connectivity index is 2.00. The summed E-state index contributed by atoms with van der Waals surface area (Å²) in [6.45, 7) is 9.11. The fourth-order valence-corrected chi connectivity index (χ4v) is 2.39. The van der Waals surface area contributed by atoms with E-state index >= 15 is 0 Å². The fraction of sp³-hybridized carbons (Fsp3) is 0.800. The molecule has 4 heteroatoms. The van der Waals surface area contributed by atoms with Gasteiger partial charge in [0.2, 0.25) is 0 Å². The minimum atomic E-state index is -0.0194. The first kappa shape index (κ1) is 16.0. The van der Waals surface area contributed by atoms with Gasteiger partial charge in [0.1, 0.15) is 0 Å². The van der Waals surface area contributed by atoms with Gasteiger partial charge in [0.25, 0.3) is 0 Å². The zero-order valence-electron chi connectivity index (χ0n) is 12.5. The van der Waals surface area contributed by atoms with Crippen molar-refractivity contribution in [1.29, 1.82) is 0 Å². The monoisotopic (exact) mass is 267 g/mol. The molecule has 0 saturated carbocycles. The molecule has 0 heterocycles. The predicted molar refractivity (Wildman–Crippen MR) is 80.3 cm³/mol. The molecular weight excluding hydrogens is 238 g/mol. The topological polar surface area (TPSA) is 44.4 Å². The number of carbonyl (C=O) groups excluding carboxylic acids is 1. The maximum absolute atomic E-state index is 11.6. The van der Waals surface area contributed by atoms with Crippen molar-refractivity contribution in [3.63, 3.8) is 0 Å². The summed E-state index contributed by atoms with van der Waals surface area (Å²) in [6, 6.07) is -0.0194. The van der Waals surface area contributed by atoms with Gasteiger partial charge in [0.15, 0.2) is 0 Å². The van der Waals surface area contributed by atoms with Gasteiger partial charge < -0.3 is 15.5 Å². The first-order valence-electron chi connectivity index (χ1n) is 7.65. The fourth-order valence-electron chi connectivity index (χ4n) is 2.39. The second-order valence-corrected chi connectivity index (χ2v) is 5.17. The Morgan fingerprint density at radius 2 is 2.05 bits per heavy atom. The van der Waals surface area contributed by atoms with Crippen molar-refractivity contribution in [2.75, 3.05) is 32.7 Å². The number of hydrogen-bond donors (Lipinski definition) is 2. The number of hydrogen-bond acceptors (Lipinski definition) is 2. The van der Waals surface area contributed by atoms with Gasteiger partial charge in [-0.25, -0.2) is 4.79 Å². The highest BCUT2D eigenvalue weighted by atomic mass is 16.2. The quantitative estimate of drug-likeness (QED) is 0.524. The van der Waals surface area contributed by atoms with Crippen LogP contribution in [0.1, 0.15) is 39.5 Å². The first-order valence-corrected chi connectivity index (χ1v) is 7.65. The second kappa shape index (κ2) is 9.84. The molecule has 1 aliphatic rings. The zero-order chi connectivity index (χ0) is 13.9. The number of nitrogens with one attached hydrogen (secondary N) is 2. The third-order valence-electron chi connectivity index (χ3n) is 3.76. The largest absolute Gasteiger partial charge is 0.338 e. The minimum Gasteiger partial charge on any atom is -0.338 e. The maximum Gasteiger partial charge on any atom is 0.314 e.